The van der Waals surface area contributed by atoms with Crippen LogP contribution in [0.25, 0.3) is 5.69 Å². The molecule has 3 aliphatic carbocycles. The van der Waals surface area contributed by atoms with E-state index in [1.54, 1.807) is 0 Å². The Morgan fingerprint density at radius 2 is 1.70 bits per heavy atom. The molecule has 23 heavy (non-hydrogen) atoms. The third-order valence-electron chi connectivity index (χ3n) is 4.69. The van der Waals surface area contributed by atoms with E-state index in [2.05, 4.69) is 0 Å². The molecular formula is C16H13FN2O4. The Labute approximate surface area is 130 Å². The van der Waals surface area contributed by atoms with Crippen LogP contribution in [0, 0.1) is 15.9 Å². The summed E-state index contributed by atoms with van der Waals surface area (Å²) in [5, 5.41) is 32.0. The average molecular weight is 316 g/mol. The van der Waals surface area contributed by atoms with Crippen LogP contribution in [0.4, 0.5) is 10.1 Å². The minimum atomic E-state index is -0.962. The lowest BCUT2D eigenvalue weighted by Crippen LogP contribution is -2.15. The number of nitrogens with zero attached hydrogens (tertiary/aromatic N) is 2. The number of halogens is 1. The zero-order valence-corrected chi connectivity index (χ0v) is 11.9. The minimum Gasteiger partial charge on any atom is -0.494 e. The van der Waals surface area contributed by atoms with E-state index in [0.717, 1.165) is 29.5 Å². The monoisotopic (exact) mass is 316 g/mol. The van der Waals surface area contributed by atoms with Gasteiger partial charge in [-0.25, -0.2) is 0 Å². The molecule has 2 bridgehead atoms. The van der Waals surface area contributed by atoms with Crippen LogP contribution in [0.3, 0.4) is 0 Å². The maximum Gasteiger partial charge on any atom is 0.306 e. The molecule has 3 aliphatic rings. The largest absolute Gasteiger partial charge is 0.494 e. The molecule has 0 spiro atoms. The van der Waals surface area contributed by atoms with Crippen LogP contribution in [0.1, 0.15) is 35.8 Å². The van der Waals surface area contributed by atoms with Gasteiger partial charge in [0.2, 0.25) is 17.6 Å². The van der Waals surface area contributed by atoms with E-state index >= 15 is 0 Å². The fourth-order valence-corrected chi connectivity index (χ4v) is 3.64. The maximum absolute atomic E-state index is 13.5. The quantitative estimate of drug-likeness (QED) is 0.504. The van der Waals surface area contributed by atoms with Crippen molar-refractivity contribution >= 4 is 5.69 Å². The predicted octanol–water partition coefficient (Wildman–Crippen LogP) is 3.47. The van der Waals surface area contributed by atoms with E-state index in [-0.39, 0.29) is 29.3 Å². The first-order chi connectivity index (χ1) is 11.0. The third-order valence-corrected chi connectivity index (χ3v) is 4.69. The highest BCUT2D eigenvalue weighted by Crippen LogP contribution is 2.54. The van der Waals surface area contributed by atoms with Gasteiger partial charge in [0.05, 0.1) is 10.6 Å². The molecule has 1 aromatic carbocycles. The van der Waals surface area contributed by atoms with Gasteiger partial charge in [-0.3, -0.25) is 14.7 Å². The number of nitro groups is 1. The summed E-state index contributed by atoms with van der Waals surface area (Å²) in [7, 11) is 0. The molecule has 6 nitrogen and oxygen atoms in total. The third kappa shape index (κ3) is 1.79. The summed E-state index contributed by atoms with van der Waals surface area (Å²) in [6.07, 6.45) is 5.78. The molecule has 0 unspecified atom stereocenters. The Bertz CT molecular complexity index is 834. The number of fused-ring (bicyclic) bond motifs is 1. The number of aromatic nitrogens is 1. The Hall–Kier alpha value is -2.83. The molecule has 0 saturated heterocycles. The van der Waals surface area contributed by atoms with Gasteiger partial charge in [-0.05, 0) is 25.0 Å². The molecule has 118 valence electrons. The lowest BCUT2D eigenvalue weighted by molar-refractivity contribution is -0.387. The summed E-state index contributed by atoms with van der Waals surface area (Å²) >= 11 is 0. The molecule has 0 aliphatic heterocycles. The number of benzene rings is 1. The van der Waals surface area contributed by atoms with Gasteiger partial charge in [-0.2, -0.15) is 4.39 Å². The van der Waals surface area contributed by atoms with Crippen molar-refractivity contribution in [3.05, 3.63) is 57.4 Å². The van der Waals surface area contributed by atoms with Gasteiger partial charge in [-0.1, -0.05) is 12.2 Å². The normalized spacial score (nSPS) is 21.4. The van der Waals surface area contributed by atoms with E-state index in [0.29, 0.717) is 11.1 Å². The van der Waals surface area contributed by atoms with Gasteiger partial charge in [0, 0.05) is 29.0 Å². The Morgan fingerprint density at radius 3 is 2.17 bits per heavy atom. The number of allylic oxidation sites excluding steroid dienone is 2. The Balaban J connectivity index is 1.94. The maximum atomic E-state index is 13.5. The highest BCUT2D eigenvalue weighted by Gasteiger charge is 2.38. The van der Waals surface area contributed by atoms with Crippen LogP contribution < -0.4 is 0 Å². The number of hydrogen-bond donors (Lipinski definition) is 2. The number of hydrogen-bond acceptors (Lipinski definition) is 4. The minimum absolute atomic E-state index is 0.0255. The standard InChI is InChI=1S/C16H13FN2O4/c17-11-6-5-10(7-12(11)19(22)23)18-15(20)13-8-1-2-9(4-3-8)14(13)16(18)21/h1-2,5-9,20-21H,3-4H2/t8-,9+. The van der Waals surface area contributed by atoms with Crippen molar-refractivity contribution in [1.29, 1.82) is 0 Å². The number of rotatable bonds is 2. The van der Waals surface area contributed by atoms with Gasteiger partial charge in [0.1, 0.15) is 0 Å². The average Bonchev–Trinajstić information content (AvgIpc) is 2.83. The fourth-order valence-electron chi connectivity index (χ4n) is 3.64. The molecule has 5 rings (SSSR count). The fraction of sp³-hybridized carbons (Fsp3) is 0.250. The van der Waals surface area contributed by atoms with Gasteiger partial charge in [0.25, 0.3) is 0 Å². The van der Waals surface area contributed by atoms with Gasteiger partial charge >= 0.3 is 5.69 Å². The summed E-state index contributed by atoms with van der Waals surface area (Å²) in [4.78, 5) is 10.1. The molecule has 2 N–H and O–H groups in total. The number of aromatic hydroxyl groups is 2. The van der Waals surface area contributed by atoms with Crippen molar-refractivity contribution in [3.8, 4) is 17.4 Å². The van der Waals surface area contributed by atoms with Crippen molar-refractivity contribution in [3.63, 3.8) is 0 Å². The first kappa shape index (κ1) is 13.8. The second-order valence-electron chi connectivity index (χ2n) is 5.88. The zero-order chi connectivity index (χ0) is 16.3. The van der Waals surface area contributed by atoms with Crippen molar-refractivity contribution < 1.29 is 19.5 Å². The molecule has 0 radical (unpaired) electrons. The van der Waals surface area contributed by atoms with E-state index in [1.165, 1.54) is 6.07 Å². The Morgan fingerprint density at radius 1 is 1.13 bits per heavy atom. The summed E-state index contributed by atoms with van der Waals surface area (Å²) in [6.45, 7) is 0. The second-order valence-corrected chi connectivity index (χ2v) is 5.88. The van der Waals surface area contributed by atoms with E-state index in [1.807, 2.05) is 12.2 Å². The second kappa shape index (κ2) is 4.58. The summed E-state index contributed by atoms with van der Waals surface area (Å²) in [6, 6.07) is 3.26. The van der Waals surface area contributed by atoms with Crippen LogP contribution in [-0.4, -0.2) is 19.7 Å². The van der Waals surface area contributed by atoms with Crippen LogP contribution in [0.5, 0.6) is 11.8 Å². The number of nitro benzene ring substituents is 1. The first-order valence-corrected chi connectivity index (χ1v) is 7.28. The van der Waals surface area contributed by atoms with Crippen LogP contribution in [0.2, 0.25) is 0 Å². The lowest BCUT2D eigenvalue weighted by Gasteiger charge is -2.30. The van der Waals surface area contributed by atoms with Crippen molar-refractivity contribution in [2.45, 2.75) is 24.7 Å². The molecular weight excluding hydrogens is 303 g/mol. The van der Waals surface area contributed by atoms with Crippen molar-refractivity contribution in [2.24, 2.45) is 0 Å². The molecule has 7 heteroatoms. The van der Waals surface area contributed by atoms with E-state index in [4.69, 9.17) is 0 Å². The van der Waals surface area contributed by atoms with Gasteiger partial charge in [-0.15, -0.1) is 0 Å². The molecule has 0 amide bonds. The smallest absolute Gasteiger partial charge is 0.306 e. The predicted molar refractivity (Wildman–Crippen MR) is 79.6 cm³/mol. The van der Waals surface area contributed by atoms with Gasteiger partial charge in [0.15, 0.2) is 0 Å². The SMILES string of the molecule is O=[N+]([O-])c1cc(-n2c(O)c3c(c2O)[C@H]2C=C[C@@H]3CC2)ccc1F. The molecule has 1 aromatic heterocycles. The molecule has 0 saturated carbocycles. The van der Waals surface area contributed by atoms with Crippen molar-refractivity contribution in [2.75, 3.05) is 0 Å². The zero-order valence-electron chi connectivity index (χ0n) is 11.9. The van der Waals surface area contributed by atoms with Crippen LogP contribution >= 0.6 is 0 Å². The van der Waals surface area contributed by atoms with Crippen molar-refractivity contribution in [1.82, 2.24) is 4.57 Å². The van der Waals surface area contributed by atoms with E-state index in [9.17, 15) is 24.7 Å². The van der Waals surface area contributed by atoms with Crippen LogP contribution in [0.15, 0.2) is 30.4 Å². The molecule has 2 aromatic rings. The summed E-state index contributed by atoms with van der Waals surface area (Å²) < 4.78 is 14.7. The summed E-state index contributed by atoms with van der Waals surface area (Å²) in [5.74, 6) is -1.19. The Kier molecular flexibility index (Phi) is 2.75. The van der Waals surface area contributed by atoms with E-state index < -0.39 is 16.4 Å². The highest BCUT2D eigenvalue weighted by molar-refractivity contribution is 5.61. The highest BCUT2D eigenvalue weighted by atomic mass is 19.1. The summed E-state index contributed by atoms with van der Waals surface area (Å²) in [5.41, 5.74) is 0.775. The molecule has 2 atom stereocenters. The van der Waals surface area contributed by atoms with Gasteiger partial charge < -0.3 is 10.2 Å². The first-order valence-electron chi connectivity index (χ1n) is 7.28. The topological polar surface area (TPSA) is 88.5 Å². The molecule has 0 fully saturated rings. The lowest BCUT2D eigenvalue weighted by atomic mass is 9.73. The van der Waals surface area contributed by atoms with Crippen LogP contribution in [-0.2, 0) is 0 Å². The molecule has 1 heterocycles.